The Morgan fingerprint density at radius 3 is 2.64 bits per heavy atom. The van der Waals surface area contributed by atoms with Crippen molar-refractivity contribution in [2.75, 3.05) is 0 Å². The molecule has 0 atom stereocenters. The Kier molecular flexibility index (Phi) is 4.37. The Morgan fingerprint density at radius 2 is 1.86 bits per heavy atom. The third-order valence-corrected chi connectivity index (χ3v) is 5.23. The van der Waals surface area contributed by atoms with Gasteiger partial charge in [0.2, 0.25) is 10.0 Å². The number of para-hydroxylation sites is 1. The number of rotatable bonds is 4. The first-order valence-electron chi connectivity index (χ1n) is 6.50. The highest BCUT2D eigenvalue weighted by atomic mass is 127. The van der Waals surface area contributed by atoms with Crippen LogP contribution in [0.15, 0.2) is 59.8 Å². The molecule has 0 spiro atoms. The van der Waals surface area contributed by atoms with Gasteiger partial charge in [0.15, 0.2) is 0 Å². The van der Waals surface area contributed by atoms with Crippen LogP contribution in [0, 0.1) is 3.70 Å². The predicted octanol–water partition coefficient (Wildman–Crippen LogP) is 2.71. The maximum Gasteiger partial charge on any atom is 0.242 e. The molecule has 0 aliphatic heterocycles. The molecule has 0 saturated carbocycles. The molecule has 0 bridgehead atoms. The second-order valence-electron chi connectivity index (χ2n) is 4.63. The van der Waals surface area contributed by atoms with Crippen LogP contribution >= 0.6 is 22.6 Å². The summed E-state index contributed by atoms with van der Waals surface area (Å²) in [5, 5.41) is 0.938. The summed E-state index contributed by atoms with van der Waals surface area (Å²) < 4.78 is 27.9. The van der Waals surface area contributed by atoms with Gasteiger partial charge in [-0.1, -0.05) is 18.2 Å². The van der Waals surface area contributed by atoms with Gasteiger partial charge in [0.1, 0.15) is 8.60 Å². The minimum atomic E-state index is -3.58. The molecule has 0 unspecified atom stereocenters. The van der Waals surface area contributed by atoms with Crippen molar-refractivity contribution in [3.63, 3.8) is 0 Å². The van der Waals surface area contributed by atoms with E-state index in [1.165, 1.54) is 6.20 Å². The highest BCUT2D eigenvalue weighted by Gasteiger charge is 2.14. The van der Waals surface area contributed by atoms with Crippen LogP contribution in [0.25, 0.3) is 10.9 Å². The predicted molar refractivity (Wildman–Crippen MR) is 92.7 cm³/mol. The number of benzene rings is 1. The van der Waals surface area contributed by atoms with Gasteiger partial charge in [0.25, 0.3) is 0 Å². The lowest BCUT2D eigenvalue weighted by Gasteiger charge is -2.08. The molecule has 112 valence electrons. The molecule has 5 nitrogen and oxygen atoms in total. The smallest absolute Gasteiger partial charge is 0.242 e. The van der Waals surface area contributed by atoms with Gasteiger partial charge in [-0.25, -0.2) is 18.1 Å². The van der Waals surface area contributed by atoms with Crippen LogP contribution in [-0.2, 0) is 16.6 Å². The van der Waals surface area contributed by atoms with Crippen LogP contribution in [0.5, 0.6) is 0 Å². The fraction of sp³-hybridized carbons (Fsp3) is 0.0667. The molecular formula is C15H12IN3O2S. The number of hydrogen-bond donors (Lipinski definition) is 1. The number of nitrogens with one attached hydrogen (secondary N) is 1. The fourth-order valence-corrected chi connectivity index (χ4v) is 3.36. The first-order chi connectivity index (χ1) is 10.6. The summed E-state index contributed by atoms with van der Waals surface area (Å²) >= 11 is 2.03. The second-order valence-corrected chi connectivity index (χ2v) is 7.50. The van der Waals surface area contributed by atoms with E-state index in [9.17, 15) is 8.42 Å². The summed E-state index contributed by atoms with van der Waals surface area (Å²) in [5.41, 5.74) is 1.72. The monoisotopic (exact) mass is 425 g/mol. The van der Waals surface area contributed by atoms with Gasteiger partial charge in [-0.3, -0.25) is 4.98 Å². The first kappa shape index (κ1) is 15.3. The molecule has 0 saturated heterocycles. The van der Waals surface area contributed by atoms with E-state index in [0.717, 1.165) is 20.2 Å². The van der Waals surface area contributed by atoms with Crippen molar-refractivity contribution in [3.05, 3.63) is 64.1 Å². The SMILES string of the molecule is O=S(=O)(NCc1ccnc2ccccc12)c1ccc(I)nc1. The van der Waals surface area contributed by atoms with Crippen LogP contribution in [0.3, 0.4) is 0 Å². The summed E-state index contributed by atoms with van der Waals surface area (Å²) in [6.45, 7) is 0.206. The van der Waals surface area contributed by atoms with Crippen molar-refractivity contribution in [2.45, 2.75) is 11.4 Å². The third-order valence-electron chi connectivity index (χ3n) is 3.20. The number of pyridine rings is 2. The van der Waals surface area contributed by atoms with Crippen molar-refractivity contribution in [3.8, 4) is 0 Å². The number of aromatic nitrogens is 2. The molecule has 0 amide bonds. The Bertz CT molecular complexity index is 906. The van der Waals surface area contributed by atoms with Crippen molar-refractivity contribution >= 4 is 43.5 Å². The summed E-state index contributed by atoms with van der Waals surface area (Å²) in [7, 11) is -3.58. The van der Waals surface area contributed by atoms with E-state index in [2.05, 4.69) is 14.7 Å². The zero-order valence-corrected chi connectivity index (χ0v) is 14.4. The molecule has 2 heterocycles. The minimum Gasteiger partial charge on any atom is -0.256 e. The lowest BCUT2D eigenvalue weighted by atomic mass is 10.1. The molecule has 1 aromatic carbocycles. The number of halogens is 1. The number of hydrogen-bond acceptors (Lipinski definition) is 4. The van der Waals surface area contributed by atoms with E-state index in [4.69, 9.17) is 0 Å². The van der Waals surface area contributed by atoms with Gasteiger partial charge in [-0.05, 0) is 52.4 Å². The van der Waals surface area contributed by atoms with E-state index in [1.807, 2.05) is 52.9 Å². The first-order valence-corrected chi connectivity index (χ1v) is 9.06. The zero-order chi connectivity index (χ0) is 15.6. The largest absolute Gasteiger partial charge is 0.256 e. The molecule has 22 heavy (non-hydrogen) atoms. The molecular weight excluding hydrogens is 413 g/mol. The molecule has 0 fully saturated rings. The van der Waals surface area contributed by atoms with Crippen LogP contribution in [0.2, 0.25) is 0 Å². The molecule has 1 N–H and O–H groups in total. The molecule has 0 aliphatic carbocycles. The van der Waals surface area contributed by atoms with E-state index < -0.39 is 10.0 Å². The zero-order valence-electron chi connectivity index (χ0n) is 11.4. The van der Waals surface area contributed by atoms with Crippen molar-refractivity contribution < 1.29 is 8.42 Å². The Hall–Kier alpha value is -1.58. The minimum absolute atomic E-state index is 0.159. The van der Waals surface area contributed by atoms with Gasteiger partial charge in [0.05, 0.1) is 5.52 Å². The van der Waals surface area contributed by atoms with Crippen LogP contribution in [0.4, 0.5) is 0 Å². The Balaban J connectivity index is 1.86. The van der Waals surface area contributed by atoms with Crippen LogP contribution in [-0.4, -0.2) is 18.4 Å². The van der Waals surface area contributed by atoms with Crippen molar-refractivity contribution in [2.24, 2.45) is 0 Å². The summed E-state index contributed by atoms with van der Waals surface area (Å²) in [6.07, 6.45) is 3.03. The highest BCUT2D eigenvalue weighted by Crippen LogP contribution is 2.17. The van der Waals surface area contributed by atoms with Crippen molar-refractivity contribution in [1.82, 2.24) is 14.7 Å². The standard InChI is InChI=1S/C15H12IN3O2S/c16-15-6-5-12(10-18-15)22(20,21)19-9-11-7-8-17-14-4-2-1-3-13(11)14/h1-8,10,19H,9H2. The van der Waals surface area contributed by atoms with Gasteiger partial charge >= 0.3 is 0 Å². The van der Waals surface area contributed by atoms with Gasteiger partial charge < -0.3 is 0 Å². The van der Waals surface area contributed by atoms with Crippen molar-refractivity contribution in [1.29, 1.82) is 0 Å². The van der Waals surface area contributed by atoms with E-state index in [1.54, 1.807) is 18.3 Å². The molecule has 3 rings (SSSR count). The Morgan fingerprint density at radius 1 is 1.05 bits per heavy atom. The average molecular weight is 425 g/mol. The molecule has 0 radical (unpaired) electrons. The van der Waals surface area contributed by atoms with Gasteiger partial charge in [-0.15, -0.1) is 0 Å². The van der Waals surface area contributed by atoms with E-state index in [-0.39, 0.29) is 11.4 Å². The normalized spacial score (nSPS) is 11.7. The maximum absolute atomic E-state index is 12.3. The van der Waals surface area contributed by atoms with Crippen LogP contribution in [0.1, 0.15) is 5.56 Å². The third kappa shape index (κ3) is 3.26. The molecule has 3 aromatic rings. The second kappa shape index (κ2) is 6.27. The molecule has 0 aliphatic rings. The number of nitrogens with zero attached hydrogens (tertiary/aromatic N) is 2. The summed E-state index contributed by atoms with van der Waals surface area (Å²) in [6, 6.07) is 12.7. The topological polar surface area (TPSA) is 72.0 Å². The lowest BCUT2D eigenvalue weighted by Crippen LogP contribution is -2.23. The fourth-order valence-electron chi connectivity index (χ4n) is 2.09. The number of fused-ring (bicyclic) bond motifs is 1. The molecule has 7 heteroatoms. The average Bonchev–Trinajstić information content (AvgIpc) is 2.53. The molecule has 2 aromatic heterocycles. The van der Waals surface area contributed by atoms with Gasteiger partial charge in [0, 0.05) is 24.3 Å². The summed E-state index contributed by atoms with van der Waals surface area (Å²) in [5.74, 6) is 0. The Labute approximate surface area is 142 Å². The highest BCUT2D eigenvalue weighted by molar-refractivity contribution is 14.1. The van der Waals surface area contributed by atoms with E-state index in [0.29, 0.717) is 0 Å². The summed E-state index contributed by atoms with van der Waals surface area (Å²) in [4.78, 5) is 8.43. The maximum atomic E-state index is 12.3. The van der Waals surface area contributed by atoms with Crippen LogP contribution < -0.4 is 4.72 Å². The van der Waals surface area contributed by atoms with E-state index >= 15 is 0 Å². The van der Waals surface area contributed by atoms with Gasteiger partial charge in [-0.2, -0.15) is 0 Å². The quantitative estimate of drug-likeness (QED) is 0.516. The number of sulfonamides is 1. The lowest BCUT2D eigenvalue weighted by molar-refractivity contribution is 0.581.